The first-order chi connectivity index (χ1) is 7.31. The highest BCUT2D eigenvalue weighted by atomic mass is 16.5. The lowest BCUT2D eigenvalue weighted by molar-refractivity contribution is -0.125. The highest BCUT2D eigenvalue weighted by Crippen LogP contribution is 1.81. The maximum Gasteiger partial charge on any atom is 0.246 e. The van der Waals surface area contributed by atoms with Gasteiger partial charge in [-0.25, -0.2) is 0 Å². The van der Waals surface area contributed by atoms with E-state index in [4.69, 9.17) is 15.2 Å². The summed E-state index contributed by atoms with van der Waals surface area (Å²) in [5.41, 5.74) is 5.20. The van der Waals surface area contributed by atoms with Crippen molar-refractivity contribution in [3.05, 3.63) is 12.7 Å². The fourth-order valence-electron chi connectivity index (χ4n) is 0.831. The predicted molar refractivity (Wildman–Crippen MR) is 58.5 cm³/mol. The van der Waals surface area contributed by atoms with Crippen LogP contribution in [0.15, 0.2) is 12.7 Å². The lowest BCUT2D eigenvalue weighted by atomic mass is 10.4. The van der Waals surface area contributed by atoms with Gasteiger partial charge in [0.2, 0.25) is 5.91 Å². The molecule has 0 aromatic heterocycles. The lowest BCUT2D eigenvalue weighted by Crippen LogP contribution is -2.31. The molecule has 0 aliphatic rings. The summed E-state index contributed by atoms with van der Waals surface area (Å²) in [6.07, 6.45) is 2.62. The van der Waals surface area contributed by atoms with Crippen molar-refractivity contribution in [1.82, 2.24) is 5.32 Å². The number of nitrogens with one attached hydrogen (secondary N) is 1. The third kappa shape index (κ3) is 11.0. The van der Waals surface area contributed by atoms with Gasteiger partial charge in [0.15, 0.2) is 0 Å². The number of nitrogens with two attached hydrogens (primary N) is 1. The molecule has 0 unspecified atom stereocenters. The normalized spacial score (nSPS) is 9.93. The Labute approximate surface area is 90.6 Å². The van der Waals surface area contributed by atoms with Gasteiger partial charge in [0.25, 0.3) is 0 Å². The second-order valence-corrected chi connectivity index (χ2v) is 2.88. The number of rotatable bonds is 10. The van der Waals surface area contributed by atoms with Gasteiger partial charge in [-0.15, -0.1) is 6.58 Å². The van der Waals surface area contributed by atoms with Crippen LogP contribution < -0.4 is 11.1 Å². The topological polar surface area (TPSA) is 73.6 Å². The van der Waals surface area contributed by atoms with Gasteiger partial charge < -0.3 is 20.5 Å². The van der Waals surface area contributed by atoms with Crippen molar-refractivity contribution in [2.24, 2.45) is 5.73 Å². The fraction of sp³-hybridized carbons (Fsp3) is 0.700. The van der Waals surface area contributed by atoms with E-state index in [0.717, 1.165) is 6.42 Å². The minimum absolute atomic E-state index is 0.0594. The summed E-state index contributed by atoms with van der Waals surface area (Å²) in [5.74, 6) is -0.143. The summed E-state index contributed by atoms with van der Waals surface area (Å²) in [6.45, 7) is 6.12. The molecule has 0 spiro atoms. The molecule has 0 saturated heterocycles. The Morgan fingerprint density at radius 3 is 2.80 bits per heavy atom. The Bertz CT molecular complexity index is 174. The summed E-state index contributed by atoms with van der Waals surface area (Å²) in [6, 6.07) is 0. The van der Waals surface area contributed by atoms with Crippen molar-refractivity contribution >= 4 is 5.91 Å². The summed E-state index contributed by atoms with van der Waals surface area (Å²) in [7, 11) is 0. The van der Waals surface area contributed by atoms with Crippen LogP contribution in [0.25, 0.3) is 0 Å². The number of hydrogen-bond acceptors (Lipinski definition) is 4. The lowest BCUT2D eigenvalue weighted by Gasteiger charge is -2.05. The quantitative estimate of drug-likeness (QED) is 0.387. The predicted octanol–water partition coefficient (Wildman–Crippen LogP) is -0.329. The zero-order valence-corrected chi connectivity index (χ0v) is 9.04. The molecule has 15 heavy (non-hydrogen) atoms. The molecule has 0 rings (SSSR count). The Morgan fingerprint density at radius 1 is 1.33 bits per heavy atom. The first kappa shape index (κ1) is 14.1. The van der Waals surface area contributed by atoms with Crippen LogP contribution in [0.2, 0.25) is 0 Å². The minimum atomic E-state index is -0.143. The van der Waals surface area contributed by atoms with Crippen molar-refractivity contribution in [3.63, 3.8) is 0 Å². The maximum absolute atomic E-state index is 11.1. The van der Waals surface area contributed by atoms with Gasteiger partial charge in [-0.3, -0.25) is 4.79 Å². The van der Waals surface area contributed by atoms with E-state index in [9.17, 15) is 4.79 Å². The molecule has 0 fully saturated rings. The van der Waals surface area contributed by atoms with Crippen molar-refractivity contribution in [1.29, 1.82) is 0 Å². The average molecular weight is 216 g/mol. The van der Waals surface area contributed by atoms with Gasteiger partial charge in [0, 0.05) is 13.1 Å². The highest BCUT2D eigenvalue weighted by molar-refractivity contribution is 5.77. The third-order valence-corrected chi connectivity index (χ3v) is 1.53. The molecule has 0 aliphatic carbocycles. The molecule has 0 aromatic carbocycles. The summed E-state index contributed by atoms with van der Waals surface area (Å²) in [4.78, 5) is 11.1. The standard InChI is InChI=1S/C10H20N2O3/c1-2-3-6-14-8-5-12-10(13)9-15-7-4-11/h2H,1,3-9,11H2,(H,12,13). The van der Waals surface area contributed by atoms with Crippen molar-refractivity contribution < 1.29 is 14.3 Å². The highest BCUT2D eigenvalue weighted by Gasteiger charge is 1.99. The smallest absolute Gasteiger partial charge is 0.246 e. The molecule has 0 saturated carbocycles. The van der Waals surface area contributed by atoms with Crippen LogP contribution >= 0.6 is 0 Å². The van der Waals surface area contributed by atoms with E-state index < -0.39 is 0 Å². The van der Waals surface area contributed by atoms with Gasteiger partial charge in [0.05, 0.1) is 19.8 Å². The molecule has 0 bridgehead atoms. The van der Waals surface area contributed by atoms with Crippen LogP contribution in [0, 0.1) is 0 Å². The van der Waals surface area contributed by atoms with Crippen LogP contribution in [-0.4, -0.2) is 45.4 Å². The molecule has 3 N–H and O–H groups in total. The maximum atomic E-state index is 11.1. The first-order valence-electron chi connectivity index (χ1n) is 5.04. The van der Waals surface area contributed by atoms with Crippen molar-refractivity contribution in [2.45, 2.75) is 6.42 Å². The molecule has 0 heterocycles. The second-order valence-electron chi connectivity index (χ2n) is 2.88. The number of ether oxygens (including phenoxy) is 2. The Kier molecular flexibility index (Phi) is 10.5. The van der Waals surface area contributed by atoms with Gasteiger partial charge >= 0.3 is 0 Å². The molecular formula is C10H20N2O3. The summed E-state index contributed by atoms with van der Waals surface area (Å²) in [5, 5.41) is 2.66. The van der Waals surface area contributed by atoms with E-state index >= 15 is 0 Å². The van der Waals surface area contributed by atoms with Crippen molar-refractivity contribution in [2.75, 3.05) is 39.5 Å². The van der Waals surface area contributed by atoms with Crippen molar-refractivity contribution in [3.8, 4) is 0 Å². The molecule has 5 nitrogen and oxygen atoms in total. The van der Waals surface area contributed by atoms with Crippen LogP contribution in [0.3, 0.4) is 0 Å². The molecule has 0 atom stereocenters. The number of amides is 1. The summed E-state index contributed by atoms with van der Waals surface area (Å²) >= 11 is 0. The fourth-order valence-corrected chi connectivity index (χ4v) is 0.831. The molecular weight excluding hydrogens is 196 g/mol. The molecule has 88 valence electrons. The van der Waals surface area contributed by atoms with Gasteiger partial charge in [-0.05, 0) is 6.42 Å². The van der Waals surface area contributed by atoms with Crippen LogP contribution in [-0.2, 0) is 14.3 Å². The van der Waals surface area contributed by atoms with Crippen LogP contribution in [0.4, 0.5) is 0 Å². The van der Waals surface area contributed by atoms with Crippen LogP contribution in [0.5, 0.6) is 0 Å². The van der Waals surface area contributed by atoms with E-state index in [0.29, 0.717) is 32.9 Å². The average Bonchev–Trinajstić information content (AvgIpc) is 2.23. The van der Waals surface area contributed by atoms with Gasteiger partial charge in [-0.2, -0.15) is 0 Å². The van der Waals surface area contributed by atoms with E-state index in [2.05, 4.69) is 11.9 Å². The zero-order chi connectivity index (χ0) is 11.4. The largest absolute Gasteiger partial charge is 0.379 e. The van der Waals surface area contributed by atoms with Gasteiger partial charge in [-0.1, -0.05) is 6.08 Å². The van der Waals surface area contributed by atoms with E-state index in [1.54, 1.807) is 6.08 Å². The molecule has 1 amide bonds. The number of carbonyl (C=O) groups excluding carboxylic acids is 1. The minimum Gasteiger partial charge on any atom is -0.379 e. The molecule has 5 heteroatoms. The van der Waals surface area contributed by atoms with Crippen LogP contribution in [0.1, 0.15) is 6.42 Å². The Hall–Kier alpha value is -0.910. The second kappa shape index (κ2) is 11.2. The van der Waals surface area contributed by atoms with E-state index in [-0.39, 0.29) is 12.5 Å². The van der Waals surface area contributed by atoms with E-state index in [1.165, 1.54) is 0 Å². The van der Waals surface area contributed by atoms with E-state index in [1.807, 2.05) is 0 Å². The number of hydrogen-bond donors (Lipinski definition) is 2. The zero-order valence-electron chi connectivity index (χ0n) is 9.04. The monoisotopic (exact) mass is 216 g/mol. The molecule has 0 aromatic rings. The first-order valence-corrected chi connectivity index (χ1v) is 5.04. The Balaban J connectivity index is 3.13. The molecule has 0 aliphatic heterocycles. The third-order valence-electron chi connectivity index (χ3n) is 1.53. The summed E-state index contributed by atoms with van der Waals surface area (Å²) < 4.78 is 10.2. The number of carbonyl (C=O) groups is 1. The SMILES string of the molecule is C=CCCOCCNC(=O)COCCN. The Morgan fingerprint density at radius 2 is 2.13 bits per heavy atom. The van der Waals surface area contributed by atoms with Gasteiger partial charge in [0.1, 0.15) is 6.61 Å². The molecule has 0 radical (unpaired) electrons.